The van der Waals surface area contributed by atoms with Crippen molar-refractivity contribution in [2.75, 3.05) is 6.61 Å². The molecule has 1 aromatic carbocycles. The fraction of sp³-hybridized carbons (Fsp3) is 0.789. The Morgan fingerprint density at radius 1 is 0.791 bits per heavy atom. The number of carboxylic acids is 1. The summed E-state index contributed by atoms with van der Waals surface area (Å²) in [6.45, 7) is 18.5. The Labute approximate surface area is 258 Å². The first-order valence-corrected chi connectivity index (χ1v) is 17.3. The van der Waals surface area contributed by atoms with Gasteiger partial charge in [-0.05, 0) is 127 Å². The SMILES string of the molecule is CC1(C)CC[C@@]23CC[C@]4(C)[C@H](CC[C@@H]5[C@@]6(C)CC[C@H](OC(=O)c7ccccc7C(=O)O)C(C)(C)[C@@H]6CC[C@]54C)[C@@H]2[C@H]1OC3. The van der Waals surface area contributed by atoms with Gasteiger partial charge in [-0.3, -0.25) is 0 Å². The Hall–Kier alpha value is -1.88. The summed E-state index contributed by atoms with van der Waals surface area (Å²) >= 11 is 0. The van der Waals surface area contributed by atoms with Gasteiger partial charge < -0.3 is 14.6 Å². The van der Waals surface area contributed by atoms with E-state index in [9.17, 15) is 14.7 Å². The first-order valence-electron chi connectivity index (χ1n) is 17.3. The number of aromatic carboxylic acids is 1. The van der Waals surface area contributed by atoms with Gasteiger partial charge in [0.15, 0.2) is 0 Å². The number of hydrogen-bond acceptors (Lipinski definition) is 4. The molecule has 1 aliphatic heterocycles. The maximum Gasteiger partial charge on any atom is 0.339 e. The molecule has 0 aromatic heterocycles. The maximum atomic E-state index is 13.4. The van der Waals surface area contributed by atoms with Gasteiger partial charge in [-0.1, -0.05) is 60.6 Å². The van der Waals surface area contributed by atoms with Crippen LogP contribution in [-0.2, 0) is 9.47 Å². The topological polar surface area (TPSA) is 72.8 Å². The summed E-state index contributed by atoms with van der Waals surface area (Å²) < 4.78 is 13.0. The van der Waals surface area contributed by atoms with Crippen LogP contribution in [0.5, 0.6) is 0 Å². The first-order chi connectivity index (χ1) is 20.1. The van der Waals surface area contributed by atoms with Crippen LogP contribution >= 0.6 is 0 Å². The zero-order valence-corrected chi connectivity index (χ0v) is 27.6. The van der Waals surface area contributed by atoms with E-state index in [1.165, 1.54) is 57.4 Å². The third-order valence-electron chi connectivity index (χ3n) is 15.7. The van der Waals surface area contributed by atoms with E-state index in [-0.39, 0.29) is 33.5 Å². The van der Waals surface area contributed by atoms with E-state index >= 15 is 0 Å². The molecule has 10 atom stereocenters. The van der Waals surface area contributed by atoms with E-state index in [0.717, 1.165) is 25.4 Å². The lowest BCUT2D eigenvalue weighted by molar-refractivity contribution is -0.252. The van der Waals surface area contributed by atoms with Gasteiger partial charge in [-0.25, -0.2) is 9.59 Å². The van der Waals surface area contributed by atoms with Crippen molar-refractivity contribution in [3.8, 4) is 0 Å². The predicted molar refractivity (Wildman–Crippen MR) is 167 cm³/mol. The average Bonchev–Trinajstić information content (AvgIpc) is 3.29. The molecule has 0 unspecified atom stereocenters. The molecule has 6 fully saturated rings. The quantitative estimate of drug-likeness (QED) is 0.356. The molecule has 5 saturated carbocycles. The standard InChI is InChI=1S/C38H54O5/c1-33(2)18-20-38-21-19-36(6)25(29(38)30(33)42-22-38)12-13-27-35(5)16-15-28(34(3,4)26(35)14-17-37(27,36)7)43-32(41)24-11-9-8-10-23(24)31(39)40/h8-11,25-30H,12-22H2,1-7H3,(H,39,40)/t25-,26+,27-,28+,29-,30-,35+,36-,37-,38+/m1/s1. The van der Waals surface area contributed by atoms with Gasteiger partial charge in [-0.2, -0.15) is 0 Å². The van der Waals surface area contributed by atoms with Crippen LogP contribution in [-0.4, -0.2) is 35.9 Å². The molecule has 236 valence electrons. The summed E-state index contributed by atoms with van der Waals surface area (Å²) in [7, 11) is 0. The normalized spacial score (nSPS) is 47.3. The van der Waals surface area contributed by atoms with E-state index in [1.807, 2.05) is 0 Å². The van der Waals surface area contributed by atoms with E-state index in [1.54, 1.807) is 18.2 Å². The van der Waals surface area contributed by atoms with Crippen LogP contribution in [0, 0.1) is 56.2 Å². The third-order valence-corrected chi connectivity index (χ3v) is 15.7. The summed E-state index contributed by atoms with van der Waals surface area (Å²) in [6.07, 6.45) is 12.4. The van der Waals surface area contributed by atoms with Crippen molar-refractivity contribution in [1.82, 2.24) is 0 Å². The molecule has 0 amide bonds. The Bertz CT molecular complexity index is 1330. The van der Waals surface area contributed by atoms with Gasteiger partial charge in [0.1, 0.15) is 6.10 Å². The molecule has 5 aliphatic carbocycles. The summed E-state index contributed by atoms with van der Waals surface area (Å²) in [5, 5.41) is 9.66. The minimum atomic E-state index is -1.09. The Kier molecular flexibility index (Phi) is 6.47. The van der Waals surface area contributed by atoms with Crippen molar-refractivity contribution in [2.24, 2.45) is 56.2 Å². The number of carboxylic acid groups (broad SMARTS) is 1. The molecule has 5 nitrogen and oxygen atoms in total. The fourth-order valence-electron chi connectivity index (χ4n) is 13.2. The molecule has 1 saturated heterocycles. The Morgan fingerprint density at radius 3 is 2.21 bits per heavy atom. The van der Waals surface area contributed by atoms with Gasteiger partial charge >= 0.3 is 11.9 Å². The second kappa shape index (κ2) is 9.33. The Balaban J connectivity index is 1.16. The smallest absolute Gasteiger partial charge is 0.339 e. The van der Waals surface area contributed by atoms with Gasteiger partial charge in [0.05, 0.1) is 23.8 Å². The second-order valence-electron chi connectivity index (χ2n) is 17.9. The van der Waals surface area contributed by atoms with Crippen molar-refractivity contribution < 1.29 is 24.2 Å². The molecule has 1 aromatic rings. The maximum absolute atomic E-state index is 13.4. The van der Waals surface area contributed by atoms with E-state index in [4.69, 9.17) is 9.47 Å². The summed E-state index contributed by atoms with van der Waals surface area (Å²) in [5.41, 5.74) is 1.49. The summed E-state index contributed by atoms with van der Waals surface area (Å²) in [4.78, 5) is 25.2. The zero-order chi connectivity index (χ0) is 30.8. The number of fused-ring (bicyclic) bond motifs is 5. The predicted octanol–water partition coefficient (Wildman–Crippen LogP) is 8.80. The number of hydrogen-bond donors (Lipinski definition) is 1. The fourth-order valence-corrected chi connectivity index (χ4v) is 13.2. The summed E-state index contributed by atoms with van der Waals surface area (Å²) in [5.74, 6) is 0.976. The highest BCUT2D eigenvalue weighted by Crippen LogP contribution is 2.78. The average molecular weight is 591 g/mol. The van der Waals surface area contributed by atoms with Crippen molar-refractivity contribution >= 4 is 11.9 Å². The molecule has 2 bridgehead atoms. The largest absolute Gasteiger partial charge is 0.478 e. The molecule has 5 heteroatoms. The molecule has 1 N–H and O–H groups in total. The van der Waals surface area contributed by atoms with Crippen LogP contribution in [0.3, 0.4) is 0 Å². The number of rotatable bonds is 3. The van der Waals surface area contributed by atoms with Crippen molar-refractivity contribution in [1.29, 1.82) is 0 Å². The van der Waals surface area contributed by atoms with Crippen molar-refractivity contribution in [2.45, 2.75) is 125 Å². The molecule has 6 aliphatic rings. The van der Waals surface area contributed by atoms with Crippen LogP contribution in [0.4, 0.5) is 0 Å². The number of carbonyl (C=O) groups excluding carboxylic acids is 1. The van der Waals surface area contributed by atoms with Crippen molar-refractivity contribution in [3.63, 3.8) is 0 Å². The van der Waals surface area contributed by atoms with Gasteiger partial charge in [-0.15, -0.1) is 0 Å². The van der Waals surface area contributed by atoms with Gasteiger partial charge in [0.25, 0.3) is 0 Å². The van der Waals surface area contributed by atoms with Crippen LogP contribution < -0.4 is 0 Å². The van der Waals surface area contributed by atoms with E-state index < -0.39 is 11.9 Å². The number of carbonyl (C=O) groups is 2. The van der Waals surface area contributed by atoms with E-state index in [0.29, 0.717) is 40.1 Å². The number of benzene rings is 1. The van der Waals surface area contributed by atoms with Crippen molar-refractivity contribution in [3.05, 3.63) is 35.4 Å². The molecule has 1 heterocycles. The summed E-state index contributed by atoms with van der Waals surface area (Å²) in [6, 6.07) is 6.43. The molecule has 0 radical (unpaired) electrons. The van der Waals surface area contributed by atoms with E-state index in [2.05, 4.69) is 48.5 Å². The highest BCUT2D eigenvalue weighted by Gasteiger charge is 2.73. The van der Waals surface area contributed by atoms with Crippen LogP contribution in [0.1, 0.15) is 133 Å². The third kappa shape index (κ3) is 3.85. The highest BCUT2D eigenvalue weighted by molar-refractivity contribution is 6.02. The first kappa shape index (κ1) is 29.8. The minimum absolute atomic E-state index is 0.0128. The lowest BCUT2D eigenvalue weighted by Crippen LogP contribution is -2.68. The molecular formula is C38H54O5. The van der Waals surface area contributed by atoms with Gasteiger partial charge in [0, 0.05) is 5.41 Å². The molecule has 7 rings (SSSR count). The molecular weight excluding hydrogens is 536 g/mol. The van der Waals surface area contributed by atoms with Crippen LogP contribution in [0.25, 0.3) is 0 Å². The lowest BCUT2D eigenvalue weighted by Gasteiger charge is -2.73. The molecule has 0 spiro atoms. The zero-order valence-electron chi connectivity index (χ0n) is 27.6. The minimum Gasteiger partial charge on any atom is -0.478 e. The van der Waals surface area contributed by atoms with Crippen LogP contribution in [0.2, 0.25) is 0 Å². The lowest BCUT2D eigenvalue weighted by atomic mass is 9.31. The van der Waals surface area contributed by atoms with Gasteiger partial charge in [0.2, 0.25) is 0 Å². The second-order valence-corrected chi connectivity index (χ2v) is 17.9. The number of ether oxygens (including phenoxy) is 2. The number of esters is 1. The highest BCUT2D eigenvalue weighted by atomic mass is 16.5. The Morgan fingerprint density at radius 2 is 1.49 bits per heavy atom. The van der Waals surface area contributed by atoms with Crippen LogP contribution in [0.15, 0.2) is 24.3 Å². The molecule has 43 heavy (non-hydrogen) atoms. The monoisotopic (exact) mass is 590 g/mol.